The van der Waals surface area contributed by atoms with Crippen LogP contribution in [0.1, 0.15) is 49.1 Å². The molecule has 1 fully saturated rings. The predicted molar refractivity (Wildman–Crippen MR) is 63.7 cm³/mol. The van der Waals surface area contributed by atoms with Crippen molar-refractivity contribution in [1.82, 2.24) is 0 Å². The van der Waals surface area contributed by atoms with Crippen molar-refractivity contribution in [3.63, 3.8) is 0 Å². The average Bonchev–Trinajstić information content (AvgIpc) is 2.26. The van der Waals surface area contributed by atoms with Crippen LogP contribution in [0.25, 0.3) is 0 Å². The lowest BCUT2D eigenvalue weighted by atomic mass is 9.82. The molecule has 1 aromatic carbocycles. The van der Waals surface area contributed by atoms with Crippen molar-refractivity contribution in [3.05, 3.63) is 28.3 Å². The highest BCUT2D eigenvalue weighted by molar-refractivity contribution is 6.31. The zero-order valence-electron chi connectivity index (χ0n) is 9.09. The van der Waals surface area contributed by atoms with Crippen molar-refractivity contribution in [2.45, 2.75) is 44.9 Å². The van der Waals surface area contributed by atoms with Crippen LogP contribution in [0.3, 0.4) is 0 Å². The fraction of sp³-hybridized carbons (Fsp3) is 0.538. The molecule has 82 valence electrons. The van der Waals surface area contributed by atoms with Gasteiger partial charge in [0.05, 0.1) is 0 Å². The van der Waals surface area contributed by atoms with Crippen LogP contribution in [0.4, 0.5) is 0 Å². The molecule has 2 rings (SSSR count). The first-order valence-corrected chi connectivity index (χ1v) is 6.06. The molecule has 2 heteroatoms. The van der Waals surface area contributed by atoms with Gasteiger partial charge in [0.25, 0.3) is 0 Å². The standard InChI is InChI=1S/C13H17ClO/c1-9-11(14)7-8-12(15)13(9)10-5-3-2-4-6-10/h7-8,10,15H,2-6H2,1H3. The number of hydrogen-bond acceptors (Lipinski definition) is 1. The molecule has 15 heavy (non-hydrogen) atoms. The molecule has 1 nitrogen and oxygen atoms in total. The summed E-state index contributed by atoms with van der Waals surface area (Å²) in [5.41, 5.74) is 2.14. The fourth-order valence-corrected chi connectivity index (χ4v) is 2.76. The van der Waals surface area contributed by atoms with Crippen molar-refractivity contribution in [2.24, 2.45) is 0 Å². The van der Waals surface area contributed by atoms with E-state index < -0.39 is 0 Å². The summed E-state index contributed by atoms with van der Waals surface area (Å²) in [6.07, 6.45) is 6.26. The molecular formula is C13H17ClO. The van der Waals surface area contributed by atoms with E-state index in [1.54, 1.807) is 12.1 Å². The average molecular weight is 225 g/mol. The topological polar surface area (TPSA) is 20.2 Å². The Morgan fingerprint density at radius 1 is 1.20 bits per heavy atom. The van der Waals surface area contributed by atoms with E-state index in [4.69, 9.17) is 11.6 Å². The Morgan fingerprint density at radius 2 is 1.87 bits per heavy atom. The summed E-state index contributed by atoms with van der Waals surface area (Å²) in [4.78, 5) is 0. The molecule has 0 heterocycles. The van der Waals surface area contributed by atoms with Crippen LogP contribution in [0.2, 0.25) is 5.02 Å². The quantitative estimate of drug-likeness (QED) is 0.750. The summed E-state index contributed by atoms with van der Waals surface area (Å²) in [5, 5.41) is 10.7. The van der Waals surface area contributed by atoms with E-state index in [1.807, 2.05) is 6.92 Å². The van der Waals surface area contributed by atoms with E-state index in [0.29, 0.717) is 11.7 Å². The molecule has 0 aliphatic heterocycles. The Bertz CT molecular complexity index is 354. The summed E-state index contributed by atoms with van der Waals surface area (Å²) in [6.45, 7) is 2.01. The van der Waals surface area contributed by atoms with Crippen molar-refractivity contribution < 1.29 is 5.11 Å². The van der Waals surface area contributed by atoms with Gasteiger partial charge in [0.15, 0.2) is 0 Å². The van der Waals surface area contributed by atoms with Crippen LogP contribution in [-0.2, 0) is 0 Å². The second kappa shape index (κ2) is 4.44. The van der Waals surface area contributed by atoms with Crippen molar-refractivity contribution >= 4 is 11.6 Å². The second-order valence-corrected chi connectivity index (χ2v) is 4.85. The third-order valence-corrected chi connectivity index (χ3v) is 3.85. The summed E-state index contributed by atoms with van der Waals surface area (Å²) in [6, 6.07) is 3.50. The summed E-state index contributed by atoms with van der Waals surface area (Å²) >= 11 is 6.09. The van der Waals surface area contributed by atoms with Gasteiger partial charge in [0.2, 0.25) is 0 Å². The molecule has 1 aliphatic rings. The van der Waals surface area contributed by atoms with Gasteiger partial charge in [-0.15, -0.1) is 0 Å². The first kappa shape index (κ1) is 10.8. The molecule has 0 aromatic heterocycles. The van der Waals surface area contributed by atoms with Crippen LogP contribution in [0.5, 0.6) is 5.75 Å². The minimum Gasteiger partial charge on any atom is -0.508 e. The minimum absolute atomic E-state index is 0.420. The van der Waals surface area contributed by atoms with Crippen molar-refractivity contribution in [1.29, 1.82) is 0 Å². The van der Waals surface area contributed by atoms with E-state index in [-0.39, 0.29) is 0 Å². The number of halogens is 1. The molecule has 1 saturated carbocycles. The summed E-state index contributed by atoms with van der Waals surface area (Å²) in [5.74, 6) is 0.932. The lowest BCUT2D eigenvalue weighted by Crippen LogP contribution is -2.06. The van der Waals surface area contributed by atoms with Gasteiger partial charge in [0.1, 0.15) is 5.75 Å². The third-order valence-electron chi connectivity index (χ3n) is 3.44. The third kappa shape index (κ3) is 2.12. The number of phenols is 1. The fourth-order valence-electron chi connectivity index (χ4n) is 2.59. The van der Waals surface area contributed by atoms with Crippen molar-refractivity contribution in [3.8, 4) is 5.75 Å². The molecule has 0 atom stereocenters. The molecule has 0 saturated heterocycles. The molecular weight excluding hydrogens is 208 g/mol. The summed E-state index contributed by atoms with van der Waals surface area (Å²) < 4.78 is 0. The number of aromatic hydroxyl groups is 1. The molecule has 1 aliphatic carbocycles. The van der Waals surface area contributed by atoms with Gasteiger partial charge in [-0.2, -0.15) is 0 Å². The number of phenolic OH excluding ortho intramolecular Hbond substituents is 1. The van der Waals surface area contributed by atoms with Crippen LogP contribution in [0.15, 0.2) is 12.1 Å². The van der Waals surface area contributed by atoms with Crippen LogP contribution >= 0.6 is 11.6 Å². The second-order valence-electron chi connectivity index (χ2n) is 4.44. The molecule has 0 radical (unpaired) electrons. The highest BCUT2D eigenvalue weighted by Crippen LogP contribution is 2.40. The van der Waals surface area contributed by atoms with E-state index in [1.165, 1.54) is 32.1 Å². The molecule has 0 spiro atoms. The maximum atomic E-state index is 9.91. The Balaban J connectivity index is 2.36. The lowest BCUT2D eigenvalue weighted by Gasteiger charge is -2.24. The Labute approximate surface area is 96.1 Å². The van der Waals surface area contributed by atoms with Gasteiger partial charge in [-0.05, 0) is 43.4 Å². The number of rotatable bonds is 1. The van der Waals surface area contributed by atoms with Gasteiger partial charge in [-0.1, -0.05) is 30.9 Å². The van der Waals surface area contributed by atoms with E-state index in [9.17, 15) is 5.11 Å². The maximum Gasteiger partial charge on any atom is 0.119 e. The SMILES string of the molecule is Cc1c(Cl)ccc(O)c1C1CCCCC1. The van der Waals surface area contributed by atoms with Gasteiger partial charge < -0.3 is 5.11 Å². The largest absolute Gasteiger partial charge is 0.508 e. The highest BCUT2D eigenvalue weighted by atomic mass is 35.5. The van der Waals surface area contributed by atoms with E-state index >= 15 is 0 Å². The lowest BCUT2D eigenvalue weighted by molar-refractivity contribution is 0.413. The van der Waals surface area contributed by atoms with Gasteiger partial charge >= 0.3 is 0 Å². The molecule has 1 aromatic rings. The monoisotopic (exact) mass is 224 g/mol. The molecule has 0 amide bonds. The van der Waals surface area contributed by atoms with E-state index in [0.717, 1.165) is 16.1 Å². The van der Waals surface area contributed by atoms with Crippen LogP contribution in [0, 0.1) is 6.92 Å². The zero-order chi connectivity index (χ0) is 10.8. The Hall–Kier alpha value is -0.690. The minimum atomic E-state index is 0.420. The normalized spacial score (nSPS) is 18.0. The highest BCUT2D eigenvalue weighted by Gasteiger charge is 2.21. The summed E-state index contributed by atoms with van der Waals surface area (Å²) in [7, 11) is 0. The van der Waals surface area contributed by atoms with Gasteiger partial charge in [-0.3, -0.25) is 0 Å². The molecule has 0 unspecified atom stereocenters. The molecule has 1 N–H and O–H groups in total. The predicted octanol–water partition coefficient (Wildman–Crippen LogP) is 4.40. The Morgan fingerprint density at radius 3 is 2.53 bits per heavy atom. The zero-order valence-corrected chi connectivity index (χ0v) is 9.85. The first-order valence-electron chi connectivity index (χ1n) is 5.68. The Kier molecular flexibility index (Phi) is 3.20. The number of hydrogen-bond donors (Lipinski definition) is 1. The van der Waals surface area contributed by atoms with Gasteiger partial charge in [-0.25, -0.2) is 0 Å². The first-order chi connectivity index (χ1) is 7.20. The van der Waals surface area contributed by atoms with Crippen LogP contribution in [-0.4, -0.2) is 5.11 Å². The molecule has 0 bridgehead atoms. The smallest absolute Gasteiger partial charge is 0.119 e. The van der Waals surface area contributed by atoms with E-state index in [2.05, 4.69) is 0 Å². The van der Waals surface area contributed by atoms with Crippen LogP contribution < -0.4 is 0 Å². The number of benzene rings is 1. The van der Waals surface area contributed by atoms with Crippen molar-refractivity contribution in [2.75, 3.05) is 0 Å². The maximum absolute atomic E-state index is 9.91. The van der Waals surface area contributed by atoms with Gasteiger partial charge in [0, 0.05) is 10.6 Å².